The number of hydrogen-bond acceptors (Lipinski definition) is 1. The molecule has 3 heteroatoms. The van der Waals surface area contributed by atoms with Gasteiger partial charge in [0.1, 0.15) is 0 Å². The van der Waals surface area contributed by atoms with E-state index in [9.17, 15) is 0 Å². The van der Waals surface area contributed by atoms with E-state index in [0.29, 0.717) is 5.50 Å². The van der Waals surface area contributed by atoms with Crippen LogP contribution in [-0.2, 0) is 4.43 Å². The first-order valence-electron chi connectivity index (χ1n) is 3.89. The monoisotopic (exact) mass is 200 g/mol. The fourth-order valence-corrected chi connectivity index (χ4v) is 3.23. The van der Waals surface area contributed by atoms with Crippen LogP contribution in [0.4, 0.5) is 0 Å². The summed E-state index contributed by atoms with van der Waals surface area (Å²) >= 11 is 5.88. The van der Waals surface area contributed by atoms with E-state index < -0.39 is 8.32 Å². The van der Waals surface area contributed by atoms with Gasteiger partial charge in [0.2, 0.25) is 8.32 Å². The number of alkyl halides is 1. The molecule has 1 atom stereocenters. The van der Waals surface area contributed by atoms with E-state index in [-0.39, 0.29) is 0 Å². The molecule has 0 fully saturated rings. The number of benzene rings is 1. The Hall–Kier alpha value is -0.313. The molecule has 1 nitrogen and oxygen atoms in total. The molecular formula is C9H13ClOSi. The van der Waals surface area contributed by atoms with Gasteiger partial charge in [-0.05, 0) is 11.7 Å². The SMILES string of the molecule is CO[Si](C)(CCl)c1ccccc1. The van der Waals surface area contributed by atoms with Crippen molar-refractivity contribution in [2.45, 2.75) is 6.55 Å². The van der Waals surface area contributed by atoms with Gasteiger partial charge in [0.05, 0.1) is 0 Å². The third-order valence-corrected chi connectivity index (χ3v) is 6.59. The highest BCUT2D eigenvalue weighted by Gasteiger charge is 2.28. The molecule has 0 radical (unpaired) electrons. The molecule has 0 aliphatic rings. The molecule has 0 saturated carbocycles. The van der Waals surface area contributed by atoms with Crippen LogP contribution in [0.3, 0.4) is 0 Å². The molecule has 1 aromatic carbocycles. The molecule has 0 spiro atoms. The van der Waals surface area contributed by atoms with Crippen LogP contribution in [0, 0.1) is 0 Å². The second kappa shape index (κ2) is 4.08. The molecule has 0 aromatic heterocycles. The first-order valence-corrected chi connectivity index (χ1v) is 7.04. The van der Waals surface area contributed by atoms with Crippen LogP contribution in [0.15, 0.2) is 30.3 Å². The lowest BCUT2D eigenvalue weighted by Crippen LogP contribution is -2.49. The summed E-state index contributed by atoms with van der Waals surface area (Å²) < 4.78 is 5.48. The lowest BCUT2D eigenvalue weighted by molar-refractivity contribution is 0.415. The van der Waals surface area contributed by atoms with Crippen LogP contribution >= 0.6 is 11.6 Å². The Balaban J connectivity index is 2.95. The zero-order chi connectivity index (χ0) is 9.03. The van der Waals surface area contributed by atoms with E-state index in [2.05, 4.69) is 18.7 Å². The minimum Gasteiger partial charge on any atom is -0.415 e. The topological polar surface area (TPSA) is 9.23 Å². The van der Waals surface area contributed by atoms with Crippen molar-refractivity contribution in [3.05, 3.63) is 30.3 Å². The van der Waals surface area contributed by atoms with Crippen molar-refractivity contribution in [3.8, 4) is 0 Å². The summed E-state index contributed by atoms with van der Waals surface area (Å²) in [6.07, 6.45) is 0. The van der Waals surface area contributed by atoms with E-state index in [0.717, 1.165) is 0 Å². The highest BCUT2D eigenvalue weighted by atomic mass is 35.5. The Bertz CT molecular complexity index is 234. The summed E-state index contributed by atoms with van der Waals surface area (Å²) in [5.74, 6) is 0. The van der Waals surface area contributed by atoms with E-state index in [1.165, 1.54) is 5.19 Å². The van der Waals surface area contributed by atoms with Crippen LogP contribution in [0.2, 0.25) is 6.55 Å². The lowest BCUT2D eigenvalue weighted by atomic mass is 10.4. The molecule has 0 N–H and O–H groups in total. The van der Waals surface area contributed by atoms with E-state index in [1.807, 2.05) is 18.2 Å². The summed E-state index contributed by atoms with van der Waals surface area (Å²) in [4.78, 5) is 0. The van der Waals surface area contributed by atoms with Crippen LogP contribution < -0.4 is 5.19 Å². The predicted octanol–water partition coefficient (Wildman–Crippen LogP) is 1.89. The molecule has 0 bridgehead atoms. The van der Waals surface area contributed by atoms with Gasteiger partial charge in [-0.25, -0.2) is 0 Å². The van der Waals surface area contributed by atoms with Gasteiger partial charge in [-0.2, -0.15) is 0 Å². The summed E-state index contributed by atoms with van der Waals surface area (Å²) in [5.41, 5.74) is 0.605. The molecule has 0 aliphatic carbocycles. The maximum atomic E-state index is 5.88. The third kappa shape index (κ3) is 1.89. The largest absolute Gasteiger partial charge is 0.415 e. The van der Waals surface area contributed by atoms with Crippen molar-refractivity contribution in [3.63, 3.8) is 0 Å². The smallest absolute Gasteiger partial charge is 0.235 e. The Kier molecular flexibility index (Phi) is 3.32. The minimum atomic E-state index is -1.81. The van der Waals surface area contributed by atoms with Crippen LogP contribution in [0.5, 0.6) is 0 Å². The average Bonchev–Trinajstić information content (AvgIpc) is 2.18. The zero-order valence-electron chi connectivity index (χ0n) is 7.38. The van der Waals surface area contributed by atoms with Gasteiger partial charge in [0.25, 0.3) is 0 Å². The quantitative estimate of drug-likeness (QED) is 0.535. The number of rotatable bonds is 3. The first kappa shape index (κ1) is 9.77. The minimum absolute atomic E-state index is 0.605. The van der Waals surface area contributed by atoms with Gasteiger partial charge in [-0.1, -0.05) is 30.3 Å². The molecule has 0 aliphatic heterocycles. The Labute approximate surface area is 79.4 Å². The van der Waals surface area contributed by atoms with E-state index in [1.54, 1.807) is 7.11 Å². The van der Waals surface area contributed by atoms with Crippen LogP contribution in [0.1, 0.15) is 0 Å². The van der Waals surface area contributed by atoms with E-state index >= 15 is 0 Å². The fraction of sp³-hybridized carbons (Fsp3) is 0.333. The standard InChI is InChI=1S/C9H13ClOSi/c1-11-12(2,8-10)9-6-4-3-5-7-9/h3-7H,8H2,1-2H3. The fourth-order valence-electron chi connectivity index (χ4n) is 1.04. The molecular weight excluding hydrogens is 188 g/mol. The Morgan fingerprint density at radius 3 is 2.33 bits per heavy atom. The molecule has 0 saturated heterocycles. The summed E-state index contributed by atoms with van der Waals surface area (Å²) in [5, 5.41) is 1.25. The van der Waals surface area contributed by atoms with E-state index in [4.69, 9.17) is 16.0 Å². The zero-order valence-corrected chi connectivity index (χ0v) is 9.14. The molecule has 1 unspecified atom stereocenters. The van der Waals surface area contributed by atoms with Crippen LogP contribution in [0.25, 0.3) is 0 Å². The molecule has 12 heavy (non-hydrogen) atoms. The summed E-state index contributed by atoms with van der Waals surface area (Å²) in [7, 11) is -0.0703. The summed E-state index contributed by atoms with van der Waals surface area (Å²) in [6, 6.07) is 10.2. The maximum absolute atomic E-state index is 5.88. The van der Waals surface area contributed by atoms with Gasteiger partial charge in [-0.3, -0.25) is 0 Å². The second-order valence-corrected chi connectivity index (χ2v) is 7.45. The van der Waals surface area contributed by atoms with Gasteiger partial charge in [0, 0.05) is 12.6 Å². The van der Waals surface area contributed by atoms with Crippen molar-refractivity contribution in [1.82, 2.24) is 0 Å². The van der Waals surface area contributed by atoms with Crippen LogP contribution in [-0.4, -0.2) is 20.9 Å². The first-order chi connectivity index (χ1) is 5.73. The number of hydrogen-bond donors (Lipinski definition) is 0. The van der Waals surface area contributed by atoms with Crippen molar-refractivity contribution in [2.24, 2.45) is 0 Å². The second-order valence-electron chi connectivity index (χ2n) is 2.93. The molecule has 66 valence electrons. The van der Waals surface area contributed by atoms with Crippen molar-refractivity contribution in [2.75, 3.05) is 12.6 Å². The van der Waals surface area contributed by atoms with Crippen molar-refractivity contribution < 1.29 is 4.43 Å². The Morgan fingerprint density at radius 1 is 1.33 bits per heavy atom. The molecule has 1 rings (SSSR count). The van der Waals surface area contributed by atoms with Gasteiger partial charge >= 0.3 is 0 Å². The highest BCUT2D eigenvalue weighted by molar-refractivity contribution is 6.90. The molecule has 0 amide bonds. The maximum Gasteiger partial charge on any atom is 0.235 e. The van der Waals surface area contributed by atoms with Gasteiger partial charge < -0.3 is 4.43 Å². The van der Waals surface area contributed by atoms with Crippen molar-refractivity contribution >= 4 is 25.1 Å². The third-order valence-electron chi connectivity index (χ3n) is 2.09. The lowest BCUT2D eigenvalue weighted by Gasteiger charge is -2.22. The Morgan fingerprint density at radius 2 is 1.92 bits per heavy atom. The van der Waals surface area contributed by atoms with Gasteiger partial charge in [-0.15, -0.1) is 11.6 Å². The highest BCUT2D eigenvalue weighted by Crippen LogP contribution is 2.06. The van der Waals surface area contributed by atoms with Gasteiger partial charge in [0.15, 0.2) is 0 Å². The number of halogens is 1. The average molecular weight is 201 g/mol. The predicted molar refractivity (Wildman–Crippen MR) is 55.4 cm³/mol. The van der Waals surface area contributed by atoms with Crippen molar-refractivity contribution in [1.29, 1.82) is 0 Å². The normalized spacial score (nSPS) is 15.6. The molecule has 0 heterocycles. The molecule has 1 aromatic rings. The summed E-state index contributed by atoms with van der Waals surface area (Å²) in [6.45, 7) is 2.12.